The fraction of sp³-hybridized carbons (Fsp3) is 0.308. The number of benzene rings is 1. The number of nitrogens with one attached hydrogen (secondary N) is 1. The molecule has 1 aromatic rings. The van der Waals surface area contributed by atoms with Gasteiger partial charge >= 0.3 is 0 Å². The topological polar surface area (TPSA) is 38.3 Å². The minimum absolute atomic E-state index is 0.0476. The Hall–Kier alpha value is -1.29. The van der Waals surface area contributed by atoms with Crippen molar-refractivity contribution >= 4 is 27.5 Å². The number of halogens is 1. The van der Waals surface area contributed by atoms with Crippen LogP contribution in [-0.4, -0.2) is 13.0 Å². The largest absolute Gasteiger partial charge is 0.495 e. The van der Waals surface area contributed by atoms with Gasteiger partial charge in [-0.05, 0) is 31.0 Å². The fourth-order valence-corrected chi connectivity index (χ4v) is 2.21. The quantitative estimate of drug-likeness (QED) is 0.869. The van der Waals surface area contributed by atoms with Crippen LogP contribution in [0.2, 0.25) is 0 Å². The summed E-state index contributed by atoms with van der Waals surface area (Å²) < 4.78 is 6.13. The average Bonchev–Trinajstić information content (AvgIpc) is 2.83. The van der Waals surface area contributed by atoms with E-state index in [0.29, 0.717) is 11.4 Å². The first-order chi connectivity index (χ1) is 8.20. The number of hydrogen-bond donors (Lipinski definition) is 1. The SMILES string of the molecule is COc1ccc(Br)cc1NC(=O)C1CC=CC1. The highest BCUT2D eigenvalue weighted by Crippen LogP contribution is 2.29. The molecule has 0 aliphatic heterocycles. The Bertz CT molecular complexity index is 449. The highest BCUT2D eigenvalue weighted by atomic mass is 79.9. The van der Waals surface area contributed by atoms with Crippen LogP contribution < -0.4 is 10.1 Å². The third kappa shape index (κ3) is 2.88. The minimum Gasteiger partial charge on any atom is -0.495 e. The van der Waals surface area contributed by atoms with E-state index >= 15 is 0 Å². The van der Waals surface area contributed by atoms with E-state index in [1.54, 1.807) is 7.11 Å². The molecular weight excluding hydrogens is 282 g/mol. The summed E-state index contributed by atoms with van der Waals surface area (Å²) >= 11 is 3.38. The maximum atomic E-state index is 12.0. The third-order valence-corrected chi connectivity index (χ3v) is 3.29. The molecular formula is C13H14BrNO2. The summed E-state index contributed by atoms with van der Waals surface area (Å²) in [5.74, 6) is 0.776. The van der Waals surface area contributed by atoms with Gasteiger partial charge in [-0.15, -0.1) is 0 Å². The summed E-state index contributed by atoms with van der Waals surface area (Å²) in [6.07, 6.45) is 5.73. The maximum Gasteiger partial charge on any atom is 0.228 e. The first kappa shape index (κ1) is 12.2. The van der Waals surface area contributed by atoms with E-state index in [1.165, 1.54) is 0 Å². The zero-order valence-corrected chi connectivity index (χ0v) is 11.2. The van der Waals surface area contributed by atoms with Crippen molar-refractivity contribution in [2.75, 3.05) is 12.4 Å². The molecule has 0 aromatic heterocycles. The summed E-state index contributed by atoms with van der Waals surface area (Å²) in [5, 5.41) is 2.91. The Kier molecular flexibility index (Phi) is 3.84. The van der Waals surface area contributed by atoms with E-state index < -0.39 is 0 Å². The monoisotopic (exact) mass is 295 g/mol. The summed E-state index contributed by atoms with van der Waals surface area (Å²) in [6, 6.07) is 5.55. The predicted molar refractivity (Wildman–Crippen MR) is 71.2 cm³/mol. The number of rotatable bonds is 3. The number of carbonyl (C=O) groups is 1. The first-order valence-electron chi connectivity index (χ1n) is 5.50. The fourth-order valence-electron chi connectivity index (χ4n) is 1.84. The van der Waals surface area contributed by atoms with Gasteiger partial charge in [0.1, 0.15) is 5.75 Å². The van der Waals surface area contributed by atoms with Crippen molar-refractivity contribution in [2.45, 2.75) is 12.8 Å². The normalized spacial score (nSPS) is 14.9. The summed E-state index contributed by atoms with van der Waals surface area (Å²) in [5.41, 5.74) is 0.707. The second-order valence-corrected chi connectivity index (χ2v) is 4.89. The van der Waals surface area contributed by atoms with Gasteiger partial charge in [-0.25, -0.2) is 0 Å². The molecule has 0 atom stereocenters. The maximum absolute atomic E-state index is 12.0. The van der Waals surface area contributed by atoms with Crippen LogP contribution in [0.5, 0.6) is 5.75 Å². The first-order valence-corrected chi connectivity index (χ1v) is 6.29. The smallest absolute Gasteiger partial charge is 0.228 e. The second kappa shape index (κ2) is 5.36. The Morgan fingerprint density at radius 2 is 2.12 bits per heavy atom. The Labute approximate surface area is 109 Å². The lowest BCUT2D eigenvalue weighted by atomic mass is 10.1. The summed E-state index contributed by atoms with van der Waals surface area (Å²) in [7, 11) is 1.59. The number of methoxy groups -OCH3 is 1. The molecule has 0 bridgehead atoms. The molecule has 0 fully saturated rings. The molecule has 3 nitrogen and oxygen atoms in total. The Balaban J connectivity index is 2.11. The van der Waals surface area contributed by atoms with E-state index in [0.717, 1.165) is 17.3 Å². The molecule has 1 amide bonds. The molecule has 0 saturated heterocycles. The summed E-state index contributed by atoms with van der Waals surface area (Å²) in [6.45, 7) is 0. The van der Waals surface area contributed by atoms with Crippen LogP contribution in [0.3, 0.4) is 0 Å². The lowest BCUT2D eigenvalue weighted by Gasteiger charge is -2.13. The third-order valence-electron chi connectivity index (χ3n) is 2.80. The zero-order chi connectivity index (χ0) is 12.3. The minimum atomic E-state index is 0.0476. The second-order valence-electron chi connectivity index (χ2n) is 3.97. The molecule has 0 heterocycles. The van der Waals surface area contributed by atoms with Crippen LogP contribution >= 0.6 is 15.9 Å². The average molecular weight is 296 g/mol. The van der Waals surface area contributed by atoms with E-state index in [9.17, 15) is 4.79 Å². The number of allylic oxidation sites excluding steroid dienone is 2. The van der Waals surface area contributed by atoms with Gasteiger partial charge in [0.15, 0.2) is 0 Å². The van der Waals surface area contributed by atoms with Gasteiger partial charge < -0.3 is 10.1 Å². The van der Waals surface area contributed by atoms with Crippen LogP contribution in [0, 0.1) is 5.92 Å². The van der Waals surface area contributed by atoms with Crippen LogP contribution in [0.15, 0.2) is 34.8 Å². The molecule has 17 heavy (non-hydrogen) atoms. The molecule has 0 unspecified atom stereocenters. The molecule has 0 saturated carbocycles. The van der Waals surface area contributed by atoms with Crippen molar-refractivity contribution in [2.24, 2.45) is 5.92 Å². The highest BCUT2D eigenvalue weighted by molar-refractivity contribution is 9.10. The molecule has 1 aromatic carbocycles. The molecule has 0 radical (unpaired) electrons. The van der Waals surface area contributed by atoms with Gasteiger partial charge in [0.2, 0.25) is 5.91 Å². The van der Waals surface area contributed by atoms with Gasteiger partial charge in [-0.2, -0.15) is 0 Å². The molecule has 1 aliphatic carbocycles. The van der Waals surface area contributed by atoms with Crippen molar-refractivity contribution in [3.63, 3.8) is 0 Å². The summed E-state index contributed by atoms with van der Waals surface area (Å²) in [4.78, 5) is 12.0. The number of hydrogen-bond acceptors (Lipinski definition) is 2. The Morgan fingerprint density at radius 3 is 2.76 bits per heavy atom. The van der Waals surface area contributed by atoms with Crippen molar-refractivity contribution in [1.29, 1.82) is 0 Å². The molecule has 0 spiro atoms. The molecule has 1 N–H and O–H groups in total. The Morgan fingerprint density at radius 1 is 1.41 bits per heavy atom. The van der Waals surface area contributed by atoms with Gasteiger partial charge in [-0.1, -0.05) is 28.1 Å². The molecule has 2 rings (SSSR count). The lowest BCUT2D eigenvalue weighted by Crippen LogP contribution is -2.20. The number of anilines is 1. The number of carbonyl (C=O) groups excluding carboxylic acids is 1. The van der Waals surface area contributed by atoms with E-state index in [1.807, 2.05) is 30.4 Å². The van der Waals surface area contributed by atoms with Gasteiger partial charge in [0.25, 0.3) is 0 Å². The zero-order valence-electron chi connectivity index (χ0n) is 9.57. The highest BCUT2D eigenvalue weighted by Gasteiger charge is 2.20. The van der Waals surface area contributed by atoms with E-state index in [2.05, 4.69) is 21.2 Å². The molecule has 1 aliphatic rings. The van der Waals surface area contributed by atoms with E-state index in [4.69, 9.17) is 4.74 Å². The predicted octanol–water partition coefficient (Wildman–Crippen LogP) is 3.36. The van der Waals surface area contributed by atoms with Crippen LogP contribution in [-0.2, 0) is 4.79 Å². The van der Waals surface area contributed by atoms with Crippen LogP contribution in [0.1, 0.15) is 12.8 Å². The molecule has 90 valence electrons. The van der Waals surface area contributed by atoms with Gasteiger partial charge in [0.05, 0.1) is 12.8 Å². The van der Waals surface area contributed by atoms with Crippen LogP contribution in [0.4, 0.5) is 5.69 Å². The van der Waals surface area contributed by atoms with Crippen molar-refractivity contribution in [3.05, 3.63) is 34.8 Å². The standard InChI is InChI=1S/C13H14BrNO2/c1-17-12-7-6-10(14)8-11(12)15-13(16)9-4-2-3-5-9/h2-3,6-9H,4-5H2,1H3,(H,15,16). The van der Waals surface area contributed by atoms with Gasteiger partial charge in [0, 0.05) is 10.4 Å². The number of ether oxygens (including phenoxy) is 1. The van der Waals surface area contributed by atoms with E-state index in [-0.39, 0.29) is 11.8 Å². The number of amides is 1. The van der Waals surface area contributed by atoms with Crippen molar-refractivity contribution in [1.82, 2.24) is 0 Å². The van der Waals surface area contributed by atoms with Gasteiger partial charge in [-0.3, -0.25) is 4.79 Å². The van der Waals surface area contributed by atoms with Crippen molar-refractivity contribution < 1.29 is 9.53 Å². The lowest BCUT2D eigenvalue weighted by molar-refractivity contribution is -0.119. The van der Waals surface area contributed by atoms with Crippen LogP contribution in [0.25, 0.3) is 0 Å². The molecule has 4 heteroatoms. The van der Waals surface area contributed by atoms with Crippen molar-refractivity contribution in [3.8, 4) is 5.75 Å².